The van der Waals surface area contributed by atoms with Gasteiger partial charge in [-0.1, -0.05) is 44.5 Å². The van der Waals surface area contributed by atoms with Gasteiger partial charge in [-0.3, -0.25) is 4.57 Å². The number of nitrogens with zero attached hydrogens (tertiary/aromatic N) is 3. The Hall–Kier alpha value is -2.18. The van der Waals surface area contributed by atoms with E-state index in [1.807, 2.05) is 36.6 Å². The average Bonchev–Trinajstić information content (AvgIpc) is 3.02. The molecule has 3 rings (SSSR count). The predicted octanol–water partition coefficient (Wildman–Crippen LogP) is 6.18. The van der Waals surface area contributed by atoms with E-state index in [0.717, 1.165) is 16.1 Å². The lowest BCUT2D eigenvalue weighted by Gasteiger charge is -2.19. The summed E-state index contributed by atoms with van der Waals surface area (Å²) in [7, 11) is 0. The van der Waals surface area contributed by atoms with Gasteiger partial charge in [-0.15, -0.1) is 10.2 Å². The fourth-order valence-corrected chi connectivity index (χ4v) is 3.77. The molecule has 0 atom stereocenters. The molecule has 0 saturated heterocycles. The Morgan fingerprint density at radius 1 is 1.07 bits per heavy atom. The molecule has 0 aliphatic rings. The van der Waals surface area contributed by atoms with Crippen molar-refractivity contribution < 1.29 is 0 Å². The number of hydrogen-bond donors (Lipinski definition) is 2. The van der Waals surface area contributed by atoms with E-state index in [0.29, 0.717) is 16.8 Å². The number of anilines is 2. The summed E-state index contributed by atoms with van der Waals surface area (Å²) in [6, 6.07) is 14.4. The predicted molar refractivity (Wildman–Crippen MR) is 120 cm³/mol. The monoisotopic (exact) mass is 415 g/mol. The van der Waals surface area contributed by atoms with E-state index in [2.05, 4.69) is 60.0 Å². The molecule has 2 aromatic carbocycles. The van der Waals surface area contributed by atoms with Crippen molar-refractivity contribution in [3.8, 4) is 11.4 Å². The molecule has 0 unspecified atom stereocenters. The maximum Gasteiger partial charge on any atom is 0.222 e. The smallest absolute Gasteiger partial charge is 0.222 e. The zero-order chi connectivity index (χ0) is 20.5. The van der Waals surface area contributed by atoms with Crippen LogP contribution in [-0.2, 0) is 5.41 Å². The van der Waals surface area contributed by atoms with E-state index in [9.17, 15) is 0 Å². The van der Waals surface area contributed by atoms with Crippen molar-refractivity contribution in [1.82, 2.24) is 14.8 Å². The van der Waals surface area contributed by atoms with Crippen LogP contribution in [0.1, 0.15) is 46.2 Å². The molecular weight excluding hydrogens is 390 g/mol. The largest absolute Gasteiger partial charge is 0.368 e. The average molecular weight is 416 g/mol. The van der Waals surface area contributed by atoms with E-state index < -0.39 is 0 Å². The summed E-state index contributed by atoms with van der Waals surface area (Å²) in [5.41, 5.74) is 9.23. The molecule has 3 N–H and O–H groups in total. The molecule has 1 aromatic heterocycles. The second kappa shape index (κ2) is 8.05. The lowest BCUT2D eigenvalue weighted by Crippen LogP contribution is -2.10. The van der Waals surface area contributed by atoms with Gasteiger partial charge in [0.25, 0.3) is 0 Å². The Morgan fingerprint density at radius 3 is 2.36 bits per heavy atom. The molecule has 0 spiro atoms. The molecule has 0 radical (unpaired) electrons. The minimum Gasteiger partial charge on any atom is -0.368 e. The van der Waals surface area contributed by atoms with E-state index in [1.165, 1.54) is 5.56 Å². The lowest BCUT2D eigenvalue weighted by molar-refractivity contribution is 0.590. The molecule has 0 bridgehead atoms. The SMILES string of the molecule is CC(C)n1c(N)nnc1-c1cc(Cl)ccc1NSc1ccc(C(C)(C)C)cc1. The summed E-state index contributed by atoms with van der Waals surface area (Å²) in [6.07, 6.45) is 0. The van der Waals surface area contributed by atoms with Crippen LogP contribution in [0.2, 0.25) is 5.02 Å². The number of nitrogens with one attached hydrogen (secondary N) is 1. The first-order valence-electron chi connectivity index (χ1n) is 9.20. The van der Waals surface area contributed by atoms with Gasteiger partial charge in [-0.2, -0.15) is 0 Å². The van der Waals surface area contributed by atoms with Crippen molar-refractivity contribution in [2.24, 2.45) is 0 Å². The van der Waals surface area contributed by atoms with Gasteiger partial charge in [-0.25, -0.2) is 0 Å². The maximum absolute atomic E-state index is 6.26. The quantitative estimate of drug-likeness (QED) is 0.487. The maximum atomic E-state index is 6.26. The van der Waals surface area contributed by atoms with Gasteiger partial charge in [0.05, 0.1) is 5.69 Å². The van der Waals surface area contributed by atoms with Crippen LogP contribution in [0, 0.1) is 0 Å². The van der Waals surface area contributed by atoms with Gasteiger partial charge in [-0.05, 0) is 67.1 Å². The molecular formula is C21H26ClN5S. The van der Waals surface area contributed by atoms with Gasteiger partial charge in [0.2, 0.25) is 5.95 Å². The van der Waals surface area contributed by atoms with Crippen LogP contribution in [0.15, 0.2) is 47.4 Å². The summed E-state index contributed by atoms with van der Waals surface area (Å²) in [5.74, 6) is 1.09. The van der Waals surface area contributed by atoms with Crippen molar-refractivity contribution in [2.75, 3.05) is 10.5 Å². The van der Waals surface area contributed by atoms with Crippen LogP contribution in [0.3, 0.4) is 0 Å². The Balaban J connectivity index is 1.88. The summed E-state index contributed by atoms with van der Waals surface area (Å²) < 4.78 is 5.33. The molecule has 0 aliphatic carbocycles. The second-order valence-electron chi connectivity index (χ2n) is 8.01. The van der Waals surface area contributed by atoms with E-state index in [-0.39, 0.29) is 11.5 Å². The number of hydrogen-bond acceptors (Lipinski definition) is 5. The molecule has 5 nitrogen and oxygen atoms in total. The van der Waals surface area contributed by atoms with Crippen LogP contribution in [-0.4, -0.2) is 14.8 Å². The first kappa shape index (κ1) is 20.6. The first-order chi connectivity index (χ1) is 13.2. The van der Waals surface area contributed by atoms with E-state index in [1.54, 1.807) is 11.9 Å². The minimum atomic E-state index is 0.134. The molecule has 0 amide bonds. The fraction of sp³-hybridized carbons (Fsp3) is 0.333. The van der Waals surface area contributed by atoms with Crippen LogP contribution in [0.5, 0.6) is 0 Å². The highest BCUT2D eigenvalue weighted by Crippen LogP contribution is 2.35. The third kappa shape index (κ3) is 4.45. The van der Waals surface area contributed by atoms with Crippen LogP contribution < -0.4 is 10.5 Å². The van der Waals surface area contributed by atoms with Gasteiger partial charge in [0, 0.05) is 21.5 Å². The molecule has 0 fully saturated rings. The summed E-state index contributed by atoms with van der Waals surface area (Å²) in [6.45, 7) is 10.7. The zero-order valence-corrected chi connectivity index (χ0v) is 18.4. The third-order valence-electron chi connectivity index (χ3n) is 4.46. The minimum absolute atomic E-state index is 0.134. The molecule has 1 heterocycles. The standard InChI is InChI=1S/C21H26ClN5S/c1-13(2)27-19(24-25-20(27)23)17-12-15(22)8-11-18(17)26-28-16-9-6-14(7-10-16)21(3,4)5/h6-13,26H,1-5H3,(H2,23,25). The number of nitrogens with two attached hydrogens (primary N) is 1. The van der Waals surface area contributed by atoms with Crippen LogP contribution in [0.25, 0.3) is 11.4 Å². The fourth-order valence-electron chi connectivity index (χ4n) is 2.92. The molecule has 28 heavy (non-hydrogen) atoms. The highest BCUT2D eigenvalue weighted by Gasteiger charge is 2.18. The van der Waals surface area contributed by atoms with Gasteiger partial charge in [0.15, 0.2) is 5.82 Å². The Morgan fingerprint density at radius 2 is 1.75 bits per heavy atom. The van der Waals surface area contributed by atoms with Crippen molar-refractivity contribution in [1.29, 1.82) is 0 Å². The van der Waals surface area contributed by atoms with Gasteiger partial charge >= 0.3 is 0 Å². The summed E-state index contributed by atoms with van der Waals surface area (Å²) in [5, 5.41) is 8.97. The normalized spacial score (nSPS) is 11.8. The van der Waals surface area contributed by atoms with Crippen molar-refractivity contribution in [2.45, 2.75) is 51.0 Å². The number of aromatic nitrogens is 3. The van der Waals surface area contributed by atoms with Gasteiger partial charge < -0.3 is 10.5 Å². The van der Waals surface area contributed by atoms with Crippen LogP contribution >= 0.6 is 23.5 Å². The molecule has 0 saturated carbocycles. The molecule has 3 aromatic rings. The van der Waals surface area contributed by atoms with Crippen LogP contribution in [0.4, 0.5) is 11.6 Å². The lowest BCUT2D eigenvalue weighted by atomic mass is 9.87. The molecule has 0 aliphatic heterocycles. The topological polar surface area (TPSA) is 68.8 Å². The third-order valence-corrected chi connectivity index (χ3v) is 5.53. The highest BCUT2D eigenvalue weighted by atomic mass is 35.5. The summed E-state index contributed by atoms with van der Waals surface area (Å²) in [4.78, 5) is 1.12. The van der Waals surface area contributed by atoms with Crippen molar-refractivity contribution in [3.63, 3.8) is 0 Å². The molecule has 7 heteroatoms. The van der Waals surface area contributed by atoms with E-state index >= 15 is 0 Å². The Bertz CT molecular complexity index is 958. The van der Waals surface area contributed by atoms with E-state index in [4.69, 9.17) is 17.3 Å². The second-order valence-corrected chi connectivity index (χ2v) is 9.33. The summed E-state index contributed by atoms with van der Waals surface area (Å²) >= 11 is 7.81. The highest BCUT2D eigenvalue weighted by molar-refractivity contribution is 8.00. The first-order valence-corrected chi connectivity index (χ1v) is 10.4. The number of halogens is 1. The molecule has 148 valence electrons. The van der Waals surface area contributed by atoms with Gasteiger partial charge in [0.1, 0.15) is 0 Å². The zero-order valence-electron chi connectivity index (χ0n) is 16.8. The Labute approximate surface area is 175 Å². The number of rotatable bonds is 5. The Kier molecular flexibility index (Phi) is 5.91. The number of nitrogen functional groups attached to an aromatic ring is 1. The van der Waals surface area contributed by atoms with Crippen molar-refractivity contribution in [3.05, 3.63) is 53.1 Å². The van der Waals surface area contributed by atoms with Crippen molar-refractivity contribution >= 4 is 35.2 Å². The number of benzene rings is 2.